The van der Waals surface area contributed by atoms with E-state index in [4.69, 9.17) is 14.2 Å². The molecule has 0 aromatic heterocycles. The monoisotopic (exact) mass is 379 g/mol. The zero-order valence-electron chi connectivity index (χ0n) is 16.4. The van der Waals surface area contributed by atoms with Crippen molar-refractivity contribution in [2.24, 2.45) is 5.92 Å². The molecule has 5 nitrogen and oxygen atoms in total. The Kier molecular flexibility index (Phi) is 4.99. The average Bonchev–Trinajstić information content (AvgIpc) is 3.22. The van der Waals surface area contributed by atoms with Crippen LogP contribution in [0.1, 0.15) is 46.8 Å². The number of para-hydroxylation sites is 1. The molecule has 0 fully saturated rings. The molecule has 2 aliphatic rings. The SMILES string of the molecule is CCOC(=O)c1cccc2c1N[C@@H](c1ccc(OC)c(OC)c1)[C@H]1CC=C[C@@H]21. The highest BCUT2D eigenvalue weighted by Crippen LogP contribution is 2.51. The third-order valence-corrected chi connectivity index (χ3v) is 5.66. The molecule has 1 aliphatic heterocycles. The van der Waals surface area contributed by atoms with Crippen LogP contribution in [0, 0.1) is 5.92 Å². The van der Waals surface area contributed by atoms with Crippen molar-refractivity contribution < 1.29 is 19.0 Å². The number of hydrogen-bond donors (Lipinski definition) is 1. The van der Waals surface area contributed by atoms with Crippen molar-refractivity contribution in [3.63, 3.8) is 0 Å². The van der Waals surface area contributed by atoms with E-state index in [0.29, 0.717) is 29.6 Å². The summed E-state index contributed by atoms with van der Waals surface area (Å²) in [4.78, 5) is 12.5. The molecular formula is C23H25NO4. The van der Waals surface area contributed by atoms with E-state index in [0.717, 1.165) is 23.2 Å². The molecule has 0 bridgehead atoms. The van der Waals surface area contributed by atoms with Gasteiger partial charge in [0.2, 0.25) is 0 Å². The van der Waals surface area contributed by atoms with Gasteiger partial charge in [0, 0.05) is 5.92 Å². The normalized spacial score (nSPS) is 22.0. The summed E-state index contributed by atoms with van der Waals surface area (Å²) in [5.41, 5.74) is 3.72. The molecule has 3 atom stereocenters. The molecule has 0 amide bonds. The van der Waals surface area contributed by atoms with Gasteiger partial charge >= 0.3 is 5.97 Å². The van der Waals surface area contributed by atoms with Gasteiger partial charge in [-0.25, -0.2) is 4.79 Å². The molecular weight excluding hydrogens is 354 g/mol. The molecule has 2 aromatic rings. The maximum atomic E-state index is 12.5. The number of nitrogens with one attached hydrogen (secondary N) is 1. The molecule has 0 saturated heterocycles. The maximum absolute atomic E-state index is 12.5. The van der Waals surface area contributed by atoms with Crippen LogP contribution in [0.2, 0.25) is 0 Å². The Hall–Kier alpha value is -2.95. The fourth-order valence-electron chi connectivity index (χ4n) is 4.38. The Morgan fingerprint density at radius 1 is 1.14 bits per heavy atom. The van der Waals surface area contributed by atoms with Crippen molar-refractivity contribution in [1.29, 1.82) is 0 Å². The first-order valence-corrected chi connectivity index (χ1v) is 9.63. The predicted molar refractivity (Wildman–Crippen MR) is 108 cm³/mol. The van der Waals surface area contributed by atoms with Gasteiger partial charge in [0.25, 0.3) is 0 Å². The topological polar surface area (TPSA) is 56.8 Å². The lowest BCUT2D eigenvalue weighted by Gasteiger charge is -2.38. The van der Waals surface area contributed by atoms with Crippen LogP contribution in [0.15, 0.2) is 48.6 Å². The summed E-state index contributed by atoms with van der Waals surface area (Å²) in [6.45, 7) is 2.18. The van der Waals surface area contributed by atoms with Gasteiger partial charge in [-0.1, -0.05) is 30.4 Å². The zero-order valence-corrected chi connectivity index (χ0v) is 16.4. The van der Waals surface area contributed by atoms with Gasteiger partial charge in [-0.3, -0.25) is 0 Å². The molecule has 1 heterocycles. The van der Waals surface area contributed by atoms with E-state index in [9.17, 15) is 4.79 Å². The number of rotatable bonds is 5. The highest BCUT2D eigenvalue weighted by molar-refractivity contribution is 5.97. The van der Waals surface area contributed by atoms with Gasteiger partial charge in [0.05, 0.1) is 38.1 Å². The maximum Gasteiger partial charge on any atom is 0.340 e. The highest BCUT2D eigenvalue weighted by atomic mass is 16.5. The first-order chi connectivity index (χ1) is 13.7. The summed E-state index contributed by atoms with van der Waals surface area (Å²) < 4.78 is 16.2. The van der Waals surface area contributed by atoms with E-state index < -0.39 is 0 Å². The Labute approximate surface area is 165 Å². The second-order valence-electron chi connectivity index (χ2n) is 7.08. The number of carbonyl (C=O) groups excluding carboxylic acids is 1. The van der Waals surface area contributed by atoms with Crippen LogP contribution in [0.5, 0.6) is 11.5 Å². The predicted octanol–water partition coefficient (Wildman–Crippen LogP) is 4.71. The van der Waals surface area contributed by atoms with E-state index in [2.05, 4.69) is 29.6 Å². The zero-order chi connectivity index (χ0) is 19.7. The van der Waals surface area contributed by atoms with Crippen LogP contribution in [-0.2, 0) is 4.74 Å². The molecule has 28 heavy (non-hydrogen) atoms. The fourth-order valence-corrected chi connectivity index (χ4v) is 4.38. The molecule has 0 saturated carbocycles. The van der Waals surface area contributed by atoms with Crippen LogP contribution < -0.4 is 14.8 Å². The van der Waals surface area contributed by atoms with Crippen molar-refractivity contribution in [2.75, 3.05) is 26.1 Å². The van der Waals surface area contributed by atoms with Gasteiger partial charge in [-0.2, -0.15) is 0 Å². The number of hydrogen-bond acceptors (Lipinski definition) is 5. The van der Waals surface area contributed by atoms with Crippen molar-refractivity contribution in [2.45, 2.75) is 25.3 Å². The van der Waals surface area contributed by atoms with Gasteiger partial charge in [-0.15, -0.1) is 0 Å². The van der Waals surface area contributed by atoms with Gasteiger partial charge in [0.15, 0.2) is 11.5 Å². The average molecular weight is 379 g/mol. The first-order valence-electron chi connectivity index (χ1n) is 9.63. The third kappa shape index (κ3) is 3.01. The second kappa shape index (κ2) is 7.58. The summed E-state index contributed by atoms with van der Waals surface area (Å²) in [5.74, 6) is 1.76. The van der Waals surface area contributed by atoms with Gasteiger partial charge in [0.1, 0.15) is 0 Å². The third-order valence-electron chi connectivity index (χ3n) is 5.66. The molecule has 146 valence electrons. The van der Waals surface area contributed by atoms with E-state index in [1.807, 2.05) is 31.2 Å². The van der Waals surface area contributed by atoms with Crippen molar-refractivity contribution >= 4 is 11.7 Å². The number of carbonyl (C=O) groups is 1. The lowest BCUT2D eigenvalue weighted by atomic mass is 9.76. The summed E-state index contributed by atoms with van der Waals surface area (Å²) in [6.07, 6.45) is 5.48. The lowest BCUT2D eigenvalue weighted by molar-refractivity contribution is 0.0527. The van der Waals surface area contributed by atoms with E-state index in [1.54, 1.807) is 14.2 Å². The smallest absolute Gasteiger partial charge is 0.340 e. The Bertz CT molecular complexity index is 921. The molecule has 0 radical (unpaired) electrons. The van der Waals surface area contributed by atoms with Crippen LogP contribution in [0.25, 0.3) is 0 Å². The van der Waals surface area contributed by atoms with Crippen LogP contribution in [0.3, 0.4) is 0 Å². The lowest BCUT2D eigenvalue weighted by Crippen LogP contribution is -2.30. The standard InChI is InChI=1S/C23H25NO4/c1-4-28-23(25)18-10-6-9-17-15-7-5-8-16(15)21(24-22(17)18)14-11-12-19(26-2)20(13-14)27-3/h5-7,9-13,15-16,21,24H,4,8H2,1-3H3/t15-,16+,21+/m1/s1. The van der Waals surface area contributed by atoms with Crippen LogP contribution >= 0.6 is 0 Å². The minimum absolute atomic E-state index is 0.0582. The number of ether oxygens (including phenoxy) is 3. The number of esters is 1. The van der Waals surface area contributed by atoms with Crippen LogP contribution in [0.4, 0.5) is 5.69 Å². The minimum Gasteiger partial charge on any atom is -0.493 e. The number of fused-ring (bicyclic) bond motifs is 3. The molecule has 0 unspecified atom stereocenters. The largest absolute Gasteiger partial charge is 0.493 e. The molecule has 1 N–H and O–H groups in total. The number of benzene rings is 2. The van der Waals surface area contributed by atoms with E-state index >= 15 is 0 Å². The van der Waals surface area contributed by atoms with Gasteiger partial charge in [-0.05, 0) is 48.6 Å². The minimum atomic E-state index is -0.293. The fraction of sp³-hybridized carbons (Fsp3) is 0.348. The molecule has 5 heteroatoms. The first kappa shape index (κ1) is 18.4. The number of allylic oxidation sites excluding steroid dienone is 2. The summed E-state index contributed by atoms with van der Waals surface area (Å²) in [7, 11) is 3.28. The van der Waals surface area contributed by atoms with E-state index in [-0.39, 0.29) is 17.9 Å². The quantitative estimate of drug-likeness (QED) is 0.602. The number of methoxy groups -OCH3 is 2. The molecule has 4 rings (SSSR count). The van der Waals surface area contributed by atoms with Crippen molar-refractivity contribution in [3.05, 3.63) is 65.2 Å². The molecule has 1 aliphatic carbocycles. The van der Waals surface area contributed by atoms with Crippen LogP contribution in [-0.4, -0.2) is 26.8 Å². The second-order valence-corrected chi connectivity index (χ2v) is 7.08. The molecule has 2 aromatic carbocycles. The Morgan fingerprint density at radius 2 is 1.96 bits per heavy atom. The summed E-state index contributed by atoms with van der Waals surface area (Å²) in [6, 6.07) is 11.9. The van der Waals surface area contributed by atoms with Crippen molar-refractivity contribution in [3.8, 4) is 11.5 Å². The van der Waals surface area contributed by atoms with Crippen molar-refractivity contribution in [1.82, 2.24) is 0 Å². The molecule has 0 spiro atoms. The Balaban J connectivity index is 1.78. The Morgan fingerprint density at radius 3 is 2.71 bits per heavy atom. The van der Waals surface area contributed by atoms with E-state index in [1.165, 1.54) is 0 Å². The highest BCUT2D eigenvalue weighted by Gasteiger charge is 2.39. The number of anilines is 1. The van der Waals surface area contributed by atoms with Gasteiger partial charge < -0.3 is 19.5 Å². The summed E-state index contributed by atoms with van der Waals surface area (Å²) in [5, 5.41) is 3.64. The summed E-state index contributed by atoms with van der Waals surface area (Å²) >= 11 is 0.